The van der Waals surface area contributed by atoms with Gasteiger partial charge in [-0.3, -0.25) is 0 Å². The van der Waals surface area contributed by atoms with Crippen molar-refractivity contribution in [1.82, 2.24) is 15.5 Å². The monoisotopic (exact) mass is 293 g/mol. The zero-order chi connectivity index (χ0) is 14.9. The minimum Gasteiger partial charge on any atom is -0.339 e. The van der Waals surface area contributed by atoms with E-state index in [0.717, 1.165) is 31.1 Å². The van der Waals surface area contributed by atoms with Gasteiger partial charge in [-0.05, 0) is 39.2 Å². The first kappa shape index (κ1) is 16.5. The molecule has 1 N–H and O–H groups in total. The summed E-state index contributed by atoms with van der Waals surface area (Å²) in [5.74, 6) is 2.30. The van der Waals surface area contributed by atoms with Gasteiger partial charge in [0.15, 0.2) is 5.82 Å². The van der Waals surface area contributed by atoms with Crippen LogP contribution in [0.1, 0.15) is 89.3 Å². The van der Waals surface area contributed by atoms with Crippen molar-refractivity contribution >= 4 is 0 Å². The van der Waals surface area contributed by atoms with E-state index < -0.39 is 0 Å². The number of aryl methyl sites for hydroxylation is 1. The molecule has 4 nitrogen and oxygen atoms in total. The molecule has 1 aromatic heterocycles. The van der Waals surface area contributed by atoms with Crippen molar-refractivity contribution in [2.24, 2.45) is 0 Å². The van der Waals surface area contributed by atoms with Gasteiger partial charge in [0.2, 0.25) is 5.89 Å². The maximum Gasteiger partial charge on any atom is 0.226 e. The van der Waals surface area contributed by atoms with Crippen LogP contribution in [0.3, 0.4) is 0 Å². The van der Waals surface area contributed by atoms with Gasteiger partial charge in [-0.1, -0.05) is 44.2 Å². The maximum atomic E-state index is 5.46. The quantitative estimate of drug-likeness (QED) is 0.818. The van der Waals surface area contributed by atoms with Crippen LogP contribution in [0.15, 0.2) is 4.52 Å². The third-order valence-corrected chi connectivity index (χ3v) is 4.49. The summed E-state index contributed by atoms with van der Waals surface area (Å²) in [5.41, 5.74) is 0. The summed E-state index contributed by atoms with van der Waals surface area (Å²) >= 11 is 0. The molecule has 1 aliphatic carbocycles. The standard InChI is InChI=1S/C17H31N3O/c1-3-13-18-14(2)11-12-16-19-17(20-21-16)15-9-7-5-4-6-8-10-15/h14-15,18H,3-13H2,1-2H3. The van der Waals surface area contributed by atoms with Crippen molar-refractivity contribution in [3.63, 3.8) is 0 Å². The molecule has 0 radical (unpaired) electrons. The molecule has 1 atom stereocenters. The Kier molecular flexibility index (Phi) is 7.20. The van der Waals surface area contributed by atoms with E-state index in [4.69, 9.17) is 4.52 Å². The maximum absolute atomic E-state index is 5.46. The summed E-state index contributed by atoms with van der Waals surface area (Å²) in [6.07, 6.45) is 12.3. The fraction of sp³-hybridized carbons (Fsp3) is 0.882. The highest BCUT2D eigenvalue weighted by Crippen LogP contribution is 2.29. The summed E-state index contributed by atoms with van der Waals surface area (Å²) in [7, 11) is 0. The van der Waals surface area contributed by atoms with E-state index in [-0.39, 0.29) is 0 Å². The lowest BCUT2D eigenvalue weighted by molar-refractivity contribution is 0.353. The first-order chi connectivity index (χ1) is 10.3. The Hall–Kier alpha value is -0.900. The summed E-state index contributed by atoms with van der Waals surface area (Å²) in [4.78, 5) is 4.65. The van der Waals surface area contributed by atoms with Gasteiger partial charge in [-0.25, -0.2) is 0 Å². The highest BCUT2D eigenvalue weighted by molar-refractivity contribution is 4.96. The van der Waals surface area contributed by atoms with E-state index in [1.165, 1.54) is 51.4 Å². The Morgan fingerprint density at radius 2 is 1.90 bits per heavy atom. The van der Waals surface area contributed by atoms with Gasteiger partial charge < -0.3 is 9.84 Å². The average molecular weight is 293 g/mol. The van der Waals surface area contributed by atoms with Gasteiger partial charge in [0.05, 0.1) is 0 Å². The highest BCUT2D eigenvalue weighted by Gasteiger charge is 2.19. The number of hydrogen-bond donors (Lipinski definition) is 1. The molecule has 4 heteroatoms. The largest absolute Gasteiger partial charge is 0.339 e. The van der Waals surface area contributed by atoms with Gasteiger partial charge >= 0.3 is 0 Å². The lowest BCUT2D eigenvalue weighted by Gasteiger charge is -2.15. The second-order valence-electron chi connectivity index (χ2n) is 6.48. The normalized spacial score (nSPS) is 19.1. The molecule has 0 aliphatic heterocycles. The summed E-state index contributed by atoms with van der Waals surface area (Å²) in [6.45, 7) is 5.50. The molecule has 1 aromatic rings. The van der Waals surface area contributed by atoms with Crippen LogP contribution >= 0.6 is 0 Å². The molecule has 1 saturated carbocycles. The molecule has 0 aromatic carbocycles. The Balaban J connectivity index is 1.79. The molecular formula is C17H31N3O. The summed E-state index contributed by atoms with van der Waals surface area (Å²) in [5, 5.41) is 7.74. The van der Waals surface area contributed by atoms with E-state index >= 15 is 0 Å². The van der Waals surface area contributed by atoms with E-state index in [0.29, 0.717) is 12.0 Å². The topological polar surface area (TPSA) is 51.0 Å². The summed E-state index contributed by atoms with van der Waals surface area (Å²) in [6, 6.07) is 0.515. The molecule has 0 bridgehead atoms. The third kappa shape index (κ3) is 5.77. The Morgan fingerprint density at radius 3 is 2.62 bits per heavy atom. The van der Waals surface area contributed by atoms with Crippen LogP contribution in [-0.2, 0) is 6.42 Å². The minimum absolute atomic E-state index is 0.515. The first-order valence-electron chi connectivity index (χ1n) is 8.85. The number of nitrogens with zero attached hydrogens (tertiary/aromatic N) is 2. The van der Waals surface area contributed by atoms with Crippen LogP contribution < -0.4 is 5.32 Å². The average Bonchev–Trinajstić information content (AvgIpc) is 2.91. The molecular weight excluding hydrogens is 262 g/mol. The van der Waals surface area contributed by atoms with Crippen LogP contribution in [0.5, 0.6) is 0 Å². The number of rotatable bonds is 7. The molecule has 0 saturated heterocycles. The van der Waals surface area contributed by atoms with Gasteiger partial charge in [-0.2, -0.15) is 4.98 Å². The number of hydrogen-bond acceptors (Lipinski definition) is 4. The van der Waals surface area contributed by atoms with Crippen LogP contribution in [0.25, 0.3) is 0 Å². The Labute approximate surface area is 129 Å². The number of aromatic nitrogens is 2. The summed E-state index contributed by atoms with van der Waals surface area (Å²) < 4.78 is 5.46. The molecule has 2 rings (SSSR count). The van der Waals surface area contributed by atoms with Crippen molar-refractivity contribution in [3.8, 4) is 0 Å². The lowest BCUT2D eigenvalue weighted by atomic mass is 9.91. The van der Waals surface area contributed by atoms with Crippen molar-refractivity contribution in [1.29, 1.82) is 0 Å². The molecule has 0 amide bonds. The van der Waals surface area contributed by atoms with E-state index in [1.54, 1.807) is 0 Å². The van der Waals surface area contributed by atoms with E-state index in [9.17, 15) is 0 Å². The van der Waals surface area contributed by atoms with Gasteiger partial charge in [0.1, 0.15) is 0 Å². The smallest absolute Gasteiger partial charge is 0.226 e. The van der Waals surface area contributed by atoms with Crippen molar-refractivity contribution in [2.45, 2.75) is 90.0 Å². The highest BCUT2D eigenvalue weighted by atomic mass is 16.5. The van der Waals surface area contributed by atoms with Crippen LogP contribution in [-0.4, -0.2) is 22.7 Å². The van der Waals surface area contributed by atoms with Crippen molar-refractivity contribution in [3.05, 3.63) is 11.7 Å². The molecule has 1 aliphatic rings. The first-order valence-corrected chi connectivity index (χ1v) is 8.85. The molecule has 1 unspecified atom stereocenters. The van der Waals surface area contributed by atoms with Crippen LogP contribution in [0.2, 0.25) is 0 Å². The molecule has 1 fully saturated rings. The number of nitrogens with one attached hydrogen (secondary N) is 1. The zero-order valence-corrected chi connectivity index (χ0v) is 13.7. The second kappa shape index (κ2) is 9.19. The van der Waals surface area contributed by atoms with Gasteiger partial charge in [0, 0.05) is 18.4 Å². The molecule has 120 valence electrons. The zero-order valence-electron chi connectivity index (χ0n) is 13.7. The Morgan fingerprint density at radius 1 is 1.19 bits per heavy atom. The van der Waals surface area contributed by atoms with Crippen molar-refractivity contribution in [2.75, 3.05) is 6.54 Å². The van der Waals surface area contributed by atoms with Crippen LogP contribution in [0.4, 0.5) is 0 Å². The Bertz CT molecular complexity index is 383. The molecule has 1 heterocycles. The third-order valence-electron chi connectivity index (χ3n) is 4.49. The van der Waals surface area contributed by atoms with E-state index in [1.807, 2.05) is 0 Å². The van der Waals surface area contributed by atoms with Crippen molar-refractivity contribution < 1.29 is 4.52 Å². The molecule has 0 spiro atoms. The lowest BCUT2D eigenvalue weighted by Crippen LogP contribution is -2.27. The fourth-order valence-corrected chi connectivity index (χ4v) is 3.08. The fourth-order valence-electron chi connectivity index (χ4n) is 3.08. The van der Waals surface area contributed by atoms with E-state index in [2.05, 4.69) is 29.3 Å². The van der Waals surface area contributed by atoms with Gasteiger partial charge in [0.25, 0.3) is 0 Å². The predicted octanol–water partition coefficient (Wildman–Crippen LogP) is 4.22. The van der Waals surface area contributed by atoms with Gasteiger partial charge in [-0.15, -0.1) is 0 Å². The SMILES string of the molecule is CCCNC(C)CCc1nc(C2CCCCCCC2)no1. The second-order valence-corrected chi connectivity index (χ2v) is 6.48. The van der Waals surface area contributed by atoms with Crippen LogP contribution in [0, 0.1) is 0 Å². The predicted molar refractivity (Wildman–Crippen MR) is 85.4 cm³/mol. The molecule has 21 heavy (non-hydrogen) atoms. The minimum atomic E-state index is 0.515.